The first-order chi connectivity index (χ1) is 3.00. The zero-order valence-corrected chi connectivity index (χ0v) is 6.03. The molecule has 0 amide bonds. The fourth-order valence-electron chi connectivity index (χ4n) is 0.206. The second kappa shape index (κ2) is 2.36. The van der Waals surface area contributed by atoms with Crippen molar-refractivity contribution in [3.63, 3.8) is 0 Å². The van der Waals surface area contributed by atoms with Crippen molar-refractivity contribution in [2.45, 2.75) is 0 Å². The summed E-state index contributed by atoms with van der Waals surface area (Å²) in [7, 11) is 0. The van der Waals surface area contributed by atoms with Crippen LogP contribution in [0.3, 0.4) is 0 Å². The quantitative estimate of drug-likeness (QED) is 0.643. The third kappa shape index (κ3) is 1.10. The molecule has 6 heavy (non-hydrogen) atoms. The molecule has 0 fully saturated rings. The van der Waals surface area contributed by atoms with Crippen LogP contribution >= 0.6 is 0 Å². The topological polar surface area (TPSA) is 9.23 Å². The first-order valence-electron chi connectivity index (χ1n) is 1.61. The molecule has 0 saturated heterocycles. The van der Waals surface area contributed by atoms with Crippen LogP contribution in [0.2, 0.25) is 0 Å². The van der Waals surface area contributed by atoms with E-state index in [0.717, 1.165) is 0 Å². The maximum atomic E-state index is 4.95. The minimum atomic E-state index is -0.358. The Hall–Kier alpha value is 0.163. The van der Waals surface area contributed by atoms with E-state index in [4.69, 9.17) is 2.81 Å². The molecular formula is C4H4AtO. The van der Waals surface area contributed by atoms with Crippen molar-refractivity contribution in [3.05, 3.63) is 22.2 Å². The molecule has 0 aromatic carbocycles. The van der Waals surface area contributed by atoms with Gasteiger partial charge in [-0.25, -0.2) is 0 Å². The van der Waals surface area contributed by atoms with Crippen LogP contribution < -0.4 is 0 Å². The Labute approximate surface area is 48.9 Å². The van der Waals surface area contributed by atoms with Gasteiger partial charge in [-0.2, -0.15) is 0 Å². The van der Waals surface area contributed by atoms with Crippen LogP contribution in [0.15, 0.2) is 22.2 Å². The van der Waals surface area contributed by atoms with Gasteiger partial charge in [-0.05, 0) is 0 Å². The van der Waals surface area contributed by atoms with E-state index in [-0.39, 0.29) is 23.7 Å². The second-order valence-electron chi connectivity index (χ2n) is 0.825. The molecule has 0 atom stereocenters. The summed E-state index contributed by atoms with van der Waals surface area (Å²) in [4.78, 5) is 0. The molecule has 1 heterocycles. The molecule has 0 bridgehead atoms. The SMILES string of the molecule is C1=CO[At]C=C1. The molecule has 2 heteroatoms. The van der Waals surface area contributed by atoms with E-state index in [1.807, 2.05) is 12.2 Å². The van der Waals surface area contributed by atoms with E-state index >= 15 is 0 Å². The van der Waals surface area contributed by atoms with Crippen molar-refractivity contribution in [3.8, 4) is 0 Å². The van der Waals surface area contributed by atoms with Crippen LogP contribution in [0.1, 0.15) is 0 Å². The Morgan fingerprint density at radius 2 is 2.33 bits per heavy atom. The average molecular weight is 278 g/mol. The fourth-order valence-corrected chi connectivity index (χ4v) is 1.46. The first-order valence-corrected chi connectivity index (χ1v) is 4.50. The monoisotopic (exact) mass is 278 g/mol. The van der Waals surface area contributed by atoms with E-state index in [1.165, 1.54) is 0 Å². The van der Waals surface area contributed by atoms with Crippen LogP contribution in [0.5, 0.6) is 0 Å². The van der Waals surface area contributed by atoms with E-state index in [1.54, 1.807) is 6.26 Å². The molecule has 1 aliphatic heterocycles. The Balaban J connectivity index is 2.46. The molecular weight excluding hydrogens is 274 g/mol. The van der Waals surface area contributed by atoms with Crippen molar-refractivity contribution >= 4 is 0 Å². The molecule has 0 aromatic rings. The van der Waals surface area contributed by atoms with Crippen molar-refractivity contribution in [1.29, 1.82) is 0 Å². The van der Waals surface area contributed by atoms with Crippen molar-refractivity contribution in [2.75, 3.05) is 0 Å². The summed E-state index contributed by atoms with van der Waals surface area (Å²) in [6.45, 7) is 0. The minimum absolute atomic E-state index is 0.358. The summed E-state index contributed by atoms with van der Waals surface area (Å²) < 4.78 is 7.07. The molecule has 0 aliphatic carbocycles. The molecule has 0 aromatic heterocycles. The van der Waals surface area contributed by atoms with Gasteiger partial charge in [0.1, 0.15) is 0 Å². The number of hydrogen-bond donors (Lipinski definition) is 0. The van der Waals surface area contributed by atoms with Crippen LogP contribution in [0.4, 0.5) is 0 Å². The summed E-state index contributed by atoms with van der Waals surface area (Å²) in [5, 5.41) is 0. The molecule has 1 nitrogen and oxygen atoms in total. The summed E-state index contributed by atoms with van der Waals surface area (Å²) in [6, 6.07) is 0. The van der Waals surface area contributed by atoms with E-state index in [2.05, 4.69) is 3.78 Å². The van der Waals surface area contributed by atoms with Gasteiger partial charge in [0.15, 0.2) is 0 Å². The third-order valence-electron chi connectivity index (χ3n) is 0.417. The van der Waals surface area contributed by atoms with E-state index in [9.17, 15) is 0 Å². The van der Waals surface area contributed by atoms with Crippen LogP contribution in [0, 0.1) is 23.7 Å². The van der Waals surface area contributed by atoms with Crippen LogP contribution in [-0.4, -0.2) is 0 Å². The normalized spacial score (nSPS) is 17.3. The molecule has 0 saturated carbocycles. The van der Waals surface area contributed by atoms with Gasteiger partial charge in [0.25, 0.3) is 0 Å². The Morgan fingerprint density at radius 3 is 2.50 bits per heavy atom. The van der Waals surface area contributed by atoms with Gasteiger partial charge >= 0.3 is 48.7 Å². The number of rotatable bonds is 0. The standard InChI is InChI=1S/C4H4AtO/c1-2-4-6-5-3-1/h1-4H. The molecule has 0 spiro atoms. The van der Waals surface area contributed by atoms with Gasteiger partial charge in [-0.15, -0.1) is 0 Å². The predicted octanol–water partition coefficient (Wildman–Crippen LogP) is 1.04. The van der Waals surface area contributed by atoms with Gasteiger partial charge in [-0.3, -0.25) is 0 Å². The summed E-state index contributed by atoms with van der Waals surface area (Å²) >= 11 is -0.358. The van der Waals surface area contributed by atoms with Crippen molar-refractivity contribution < 1.29 is 26.5 Å². The van der Waals surface area contributed by atoms with E-state index in [0.29, 0.717) is 0 Å². The molecule has 1 rings (SSSR count). The zero-order chi connectivity index (χ0) is 4.24. The Morgan fingerprint density at radius 1 is 1.33 bits per heavy atom. The van der Waals surface area contributed by atoms with Crippen LogP contribution in [-0.2, 0) is 2.81 Å². The molecule has 0 unspecified atom stereocenters. The van der Waals surface area contributed by atoms with E-state index < -0.39 is 0 Å². The number of allylic oxidation sites excluding steroid dienone is 2. The summed E-state index contributed by atoms with van der Waals surface area (Å²) in [5.41, 5.74) is 0. The van der Waals surface area contributed by atoms with Gasteiger partial charge in [0, 0.05) is 0 Å². The fraction of sp³-hybridized carbons (Fsp3) is 0. The van der Waals surface area contributed by atoms with Gasteiger partial charge in [0.2, 0.25) is 0 Å². The average Bonchev–Trinajstić information content (AvgIpc) is 1.72. The molecule has 33 valence electrons. The Kier molecular flexibility index (Phi) is 1.70. The molecule has 1 radical (unpaired) electrons. The molecule has 1 aliphatic rings. The Bertz CT molecular complexity index is 73.5. The third-order valence-corrected chi connectivity index (χ3v) is 2.18. The molecule has 0 N–H and O–H groups in total. The number of hydrogen-bond acceptors (Lipinski definition) is 1. The van der Waals surface area contributed by atoms with Gasteiger partial charge in [-0.1, -0.05) is 0 Å². The van der Waals surface area contributed by atoms with Crippen molar-refractivity contribution in [2.24, 2.45) is 0 Å². The maximum absolute atomic E-state index is 4.95. The predicted molar refractivity (Wildman–Crippen MR) is 19.4 cm³/mol. The van der Waals surface area contributed by atoms with Crippen molar-refractivity contribution in [1.82, 2.24) is 0 Å². The summed E-state index contributed by atoms with van der Waals surface area (Å²) in [5.74, 6) is 0. The second-order valence-corrected chi connectivity index (χ2v) is 3.19. The zero-order valence-electron chi connectivity index (χ0n) is 3.10. The van der Waals surface area contributed by atoms with Gasteiger partial charge < -0.3 is 0 Å². The summed E-state index contributed by atoms with van der Waals surface area (Å²) in [6.07, 6.45) is 5.68. The van der Waals surface area contributed by atoms with Gasteiger partial charge in [0.05, 0.1) is 0 Å². The van der Waals surface area contributed by atoms with Crippen LogP contribution in [0.25, 0.3) is 0 Å². The first kappa shape index (κ1) is 4.33.